The second-order valence-corrected chi connectivity index (χ2v) is 9.71. The van der Waals surface area contributed by atoms with Gasteiger partial charge < -0.3 is 10.1 Å². The number of ether oxygens (including phenoxy) is 1. The summed E-state index contributed by atoms with van der Waals surface area (Å²) < 4.78 is 19.1. The molecule has 24 heavy (non-hydrogen) atoms. The molecule has 1 aliphatic rings. The Kier molecular flexibility index (Phi) is 5.73. The van der Waals surface area contributed by atoms with Crippen LogP contribution in [0, 0.1) is 0 Å². The zero-order valence-corrected chi connectivity index (χ0v) is 16.4. The smallest absolute Gasteiger partial charge is 0.235 e. The van der Waals surface area contributed by atoms with Crippen LogP contribution in [0.3, 0.4) is 0 Å². The Morgan fingerprint density at radius 3 is 3.04 bits per heavy atom. The third kappa shape index (κ3) is 4.07. The Labute approximate surface area is 156 Å². The van der Waals surface area contributed by atoms with Gasteiger partial charge in [0.15, 0.2) is 0 Å². The number of para-hydroxylation sites is 1. The lowest BCUT2D eigenvalue weighted by Gasteiger charge is -2.27. The standard InChI is InChI=1S/C17H18BrNO3S2/c1-11(24(21)10-12-8-16(18)23-9-12)17(20)19-14-6-7-22-15-5-3-2-4-13(14)15/h2-5,8-9,11,14H,6-7,10H2,1H3,(H,19,20). The molecule has 0 aliphatic carbocycles. The number of thiophene rings is 1. The molecule has 3 atom stereocenters. The summed E-state index contributed by atoms with van der Waals surface area (Å²) in [6, 6.07) is 9.58. The van der Waals surface area contributed by atoms with Crippen LogP contribution in [0.2, 0.25) is 0 Å². The van der Waals surface area contributed by atoms with Crippen LogP contribution in [0.5, 0.6) is 5.75 Å². The average Bonchev–Trinajstić information content (AvgIpc) is 2.99. The third-order valence-corrected chi connectivity index (χ3v) is 7.14. The van der Waals surface area contributed by atoms with Gasteiger partial charge in [-0.05, 0) is 45.9 Å². The molecule has 3 rings (SSSR count). The predicted molar refractivity (Wildman–Crippen MR) is 101 cm³/mol. The van der Waals surface area contributed by atoms with Crippen molar-refractivity contribution in [3.63, 3.8) is 0 Å². The Bertz CT molecular complexity index is 762. The van der Waals surface area contributed by atoms with Crippen molar-refractivity contribution in [2.75, 3.05) is 6.61 Å². The van der Waals surface area contributed by atoms with Crippen molar-refractivity contribution in [1.82, 2.24) is 5.32 Å². The highest BCUT2D eigenvalue weighted by atomic mass is 79.9. The van der Waals surface area contributed by atoms with E-state index in [0.29, 0.717) is 12.4 Å². The number of hydrogen-bond acceptors (Lipinski definition) is 4. The first kappa shape index (κ1) is 17.6. The lowest BCUT2D eigenvalue weighted by atomic mass is 10.0. The summed E-state index contributed by atoms with van der Waals surface area (Å²) in [5, 5.41) is 4.43. The fourth-order valence-electron chi connectivity index (χ4n) is 2.61. The van der Waals surface area contributed by atoms with E-state index >= 15 is 0 Å². The number of carbonyl (C=O) groups is 1. The first-order chi connectivity index (χ1) is 11.5. The molecule has 1 N–H and O–H groups in total. The van der Waals surface area contributed by atoms with E-state index in [0.717, 1.165) is 27.1 Å². The van der Waals surface area contributed by atoms with Crippen molar-refractivity contribution in [2.45, 2.75) is 30.4 Å². The van der Waals surface area contributed by atoms with E-state index in [1.54, 1.807) is 18.3 Å². The first-order valence-electron chi connectivity index (χ1n) is 7.67. The molecule has 0 spiro atoms. The molecule has 1 amide bonds. The molecule has 4 nitrogen and oxygen atoms in total. The Morgan fingerprint density at radius 1 is 1.50 bits per heavy atom. The van der Waals surface area contributed by atoms with Crippen LogP contribution in [0.4, 0.5) is 0 Å². The highest BCUT2D eigenvalue weighted by Gasteiger charge is 2.27. The van der Waals surface area contributed by atoms with Gasteiger partial charge in [0.2, 0.25) is 5.91 Å². The van der Waals surface area contributed by atoms with Crippen LogP contribution in [0.1, 0.15) is 30.5 Å². The number of hydrogen-bond donors (Lipinski definition) is 1. The Balaban J connectivity index is 1.63. The Hall–Kier alpha value is -1.18. The minimum atomic E-state index is -1.25. The van der Waals surface area contributed by atoms with Crippen LogP contribution in [0.15, 0.2) is 39.5 Å². The fourth-order valence-corrected chi connectivity index (χ4v) is 4.98. The van der Waals surface area contributed by atoms with Crippen LogP contribution in [0.25, 0.3) is 0 Å². The highest BCUT2D eigenvalue weighted by Crippen LogP contribution is 2.31. The van der Waals surface area contributed by atoms with Gasteiger partial charge in [-0.3, -0.25) is 9.00 Å². The molecular weight excluding hydrogens is 410 g/mol. The summed E-state index contributed by atoms with van der Waals surface area (Å²) in [6.45, 7) is 2.29. The number of benzene rings is 1. The third-order valence-electron chi connectivity index (χ3n) is 3.97. The molecule has 1 aromatic carbocycles. The lowest BCUT2D eigenvalue weighted by molar-refractivity contribution is -0.121. The van der Waals surface area contributed by atoms with Gasteiger partial charge in [-0.15, -0.1) is 11.3 Å². The molecule has 0 saturated heterocycles. The van der Waals surface area contributed by atoms with Crippen molar-refractivity contribution in [3.8, 4) is 5.75 Å². The van der Waals surface area contributed by atoms with E-state index in [9.17, 15) is 9.00 Å². The van der Waals surface area contributed by atoms with E-state index in [1.165, 1.54) is 0 Å². The van der Waals surface area contributed by atoms with Crippen molar-refractivity contribution < 1.29 is 13.7 Å². The maximum Gasteiger partial charge on any atom is 0.235 e. The summed E-state index contributed by atoms with van der Waals surface area (Å²) in [5.41, 5.74) is 1.97. The molecule has 128 valence electrons. The normalized spacial score (nSPS) is 19.0. The monoisotopic (exact) mass is 427 g/mol. The van der Waals surface area contributed by atoms with Gasteiger partial charge in [0, 0.05) is 22.8 Å². The molecule has 0 radical (unpaired) electrons. The molecule has 1 aliphatic heterocycles. The van der Waals surface area contributed by atoms with Crippen LogP contribution in [-0.2, 0) is 21.3 Å². The number of nitrogens with one attached hydrogen (secondary N) is 1. The maximum absolute atomic E-state index is 12.5. The molecule has 3 unspecified atom stereocenters. The summed E-state index contributed by atoms with van der Waals surface area (Å²) in [7, 11) is -1.25. The molecule has 0 bridgehead atoms. The Morgan fingerprint density at radius 2 is 2.29 bits per heavy atom. The fraction of sp³-hybridized carbons (Fsp3) is 0.353. The SMILES string of the molecule is CC(C(=O)NC1CCOc2ccccc21)S(=O)Cc1csc(Br)c1. The minimum Gasteiger partial charge on any atom is -0.493 e. The van der Waals surface area contributed by atoms with Gasteiger partial charge in [-0.2, -0.15) is 0 Å². The van der Waals surface area contributed by atoms with Crippen molar-refractivity contribution in [2.24, 2.45) is 0 Å². The van der Waals surface area contributed by atoms with Gasteiger partial charge in [0.25, 0.3) is 0 Å². The molecule has 0 fully saturated rings. The summed E-state index contributed by atoms with van der Waals surface area (Å²) in [6.07, 6.45) is 0.722. The van der Waals surface area contributed by atoms with Crippen LogP contribution in [-0.4, -0.2) is 22.0 Å². The van der Waals surface area contributed by atoms with Gasteiger partial charge in [-0.1, -0.05) is 18.2 Å². The lowest BCUT2D eigenvalue weighted by Crippen LogP contribution is -2.39. The van der Waals surface area contributed by atoms with E-state index in [-0.39, 0.29) is 11.9 Å². The van der Waals surface area contributed by atoms with Gasteiger partial charge in [0.1, 0.15) is 11.0 Å². The maximum atomic E-state index is 12.5. The second kappa shape index (κ2) is 7.80. The minimum absolute atomic E-state index is 0.0859. The number of rotatable bonds is 5. The molecule has 1 aromatic heterocycles. The highest BCUT2D eigenvalue weighted by molar-refractivity contribution is 9.11. The largest absolute Gasteiger partial charge is 0.493 e. The number of halogens is 1. The van der Waals surface area contributed by atoms with E-state index in [1.807, 2.05) is 35.7 Å². The average molecular weight is 428 g/mol. The van der Waals surface area contributed by atoms with Gasteiger partial charge in [-0.25, -0.2) is 0 Å². The molecular formula is C17H18BrNO3S2. The zero-order valence-electron chi connectivity index (χ0n) is 13.2. The van der Waals surface area contributed by atoms with E-state index < -0.39 is 16.0 Å². The number of amides is 1. The second-order valence-electron chi connectivity index (χ2n) is 5.66. The van der Waals surface area contributed by atoms with Crippen molar-refractivity contribution >= 4 is 44.0 Å². The van der Waals surface area contributed by atoms with Gasteiger partial charge in [0.05, 0.1) is 22.2 Å². The summed E-state index contributed by atoms with van der Waals surface area (Å²) >= 11 is 4.95. The molecule has 2 heterocycles. The first-order valence-corrected chi connectivity index (χ1v) is 10.7. The van der Waals surface area contributed by atoms with E-state index in [4.69, 9.17) is 4.74 Å². The number of carbonyl (C=O) groups excluding carboxylic acids is 1. The zero-order chi connectivity index (χ0) is 17.1. The van der Waals surface area contributed by atoms with Gasteiger partial charge >= 0.3 is 0 Å². The number of fused-ring (bicyclic) bond motifs is 1. The summed E-state index contributed by atoms with van der Waals surface area (Å²) in [5.74, 6) is 1.02. The summed E-state index contributed by atoms with van der Waals surface area (Å²) in [4.78, 5) is 12.5. The topological polar surface area (TPSA) is 55.4 Å². The van der Waals surface area contributed by atoms with Crippen molar-refractivity contribution in [1.29, 1.82) is 0 Å². The molecule has 0 saturated carbocycles. The predicted octanol–water partition coefficient (Wildman–Crippen LogP) is 3.79. The van der Waals surface area contributed by atoms with Crippen LogP contribution >= 0.6 is 27.3 Å². The quantitative estimate of drug-likeness (QED) is 0.789. The van der Waals surface area contributed by atoms with Crippen LogP contribution < -0.4 is 10.1 Å². The van der Waals surface area contributed by atoms with Crippen molar-refractivity contribution in [3.05, 3.63) is 50.6 Å². The molecule has 7 heteroatoms. The van der Waals surface area contributed by atoms with E-state index in [2.05, 4.69) is 21.2 Å². The molecule has 2 aromatic rings.